The van der Waals surface area contributed by atoms with Crippen LogP contribution in [0.25, 0.3) is 5.78 Å². The van der Waals surface area contributed by atoms with Crippen LogP contribution < -0.4 is 5.73 Å². The van der Waals surface area contributed by atoms with Gasteiger partial charge in [0.1, 0.15) is 0 Å². The third-order valence-corrected chi connectivity index (χ3v) is 3.02. The van der Waals surface area contributed by atoms with E-state index in [9.17, 15) is 4.79 Å². The highest BCUT2D eigenvalue weighted by Gasteiger charge is 2.19. The van der Waals surface area contributed by atoms with Gasteiger partial charge in [0.05, 0.1) is 17.9 Å². The molecule has 9 heteroatoms. The predicted molar refractivity (Wildman–Crippen MR) is 71.8 cm³/mol. The molecule has 3 aromatic rings. The van der Waals surface area contributed by atoms with Gasteiger partial charge in [-0.25, -0.2) is 19.4 Å². The number of carbonyl (C=O) groups is 1. The Balaban J connectivity index is 1.95. The fraction of sp³-hybridized carbons (Fsp3) is 0.250. The number of hydrogen-bond donors (Lipinski definition) is 2. The SMILES string of the molecule is NCCc1c(C(=O)O)nnn1Cc1cn2cccnc2n1. The number of nitrogens with zero attached hydrogens (tertiary/aromatic N) is 6. The Morgan fingerprint density at radius 3 is 3.00 bits per heavy atom. The second kappa shape index (κ2) is 5.29. The van der Waals surface area contributed by atoms with Crippen LogP contribution in [-0.4, -0.2) is 47.0 Å². The monoisotopic (exact) mass is 287 g/mol. The van der Waals surface area contributed by atoms with Gasteiger partial charge in [-0.3, -0.25) is 4.40 Å². The van der Waals surface area contributed by atoms with Crippen molar-refractivity contribution in [1.82, 2.24) is 29.4 Å². The molecule has 3 heterocycles. The molecule has 0 aliphatic rings. The molecule has 0 aliphatic heterocycles. The normalized spacial score (nSPS) is 11.1. The van der Waals surface area contributed by atoms with Crippen LogP contribution in [0.2, 0.25) is 0 Å². The number of aromatic carboxylic acids is 1. The third kappa shape index (κ3) is 2.46. The molecule has 0 unspecified atom stereocenters. The minimum atomic E-state index is -1.11. The second-order valence-electron chi connectivity index (χ2n) is 4.45. The van der Waals surface area contributed by atoms with E-state index in [1.165, 1.54) is 4.68 Å². The Labute approximate surface area is 119 Å². The molecule has 0 aromatic carbocycles. The van der Waals surface area contributed by atoms with Gasteiger partial charge in [-0.15, -0.1) is 5.10 Å². The number of aromatic nitrogens is 6. The molecule has 0 atom stereocenters. The van der Waals surface area contributed by atoms with E-state index in [2.05, 4.69) is 20.3 Å². The van der Waals surface area contributed by atoms with E-state index in [0.29, 0.717) is 36.7 Å². The standard InChI is InChI=1S/C12H13N7O2/c13-3-2-9-10(11(20)21)16-17-19(9)7-8-6-18-5-1-4-14-12(18)15-8/h1,4-6H,2-3,7,13H2,(H,20,21). The molecular weight excluding hydrogens is 274 g/mol. The maximum absolute atomic E-state index is 11.1. The Bertz CT molecular complexity index is 759. The number of carboxylic acid groups (broad SMARTS) is 1. The van der Waals surface area contributed by atoms with Gasteiger partial charge in [-0.1, -0.05) is 5.21 Å². The summed E-state index contributed by atoms with van der Waals surface area (Å²) in [6.45, 7) is 0.638. The molecule has 3 rings (SSSR count). The van der Waals surface area contributed by atoms with Crippen LogP contribution >= 0.6 is 0 Å². The largest absolute Gasteiger partial charge is 0.476 e. The average molecular weight is 287 g/mol. The summed E-state index contributed by atoms with van der Waals surface area (Å²) in [7, 11) is 0. The number of fused-ring (bicyclic) bond motifs is 1. The Kier molecular flexibility index (Phi) is 3.32. The van der Waals surface area contributed by atoms with Gasteiger partial charge >= 0.3 is 5.97 Å². The fourth-order valence-corrected chi connectivity index (χ4v) is 2.12. The van der Waals surface area contributed by atoms with Crippen molar-refractivity contribution in [3.63, 3.8) is 0 Å². The van der Waals surface area contributed by atoms with Crippen molar-refractivity contribution >= 4 is 11.7 Å². The van der Waals surface area contributed by atoms with E-state index in [-0.39, 0.29) is 5.69 Å². The van der Waals surface area contributed by atoms with Crippen molar-refractivity contribution in [3.8, 4) is 0 Å². The lowest BCUT2D eigenvalue weighted by atomic mass is 10.2. The molecule has 3 N–H and O–H groups in total. The van der Waals surface area contributed by atoms with Crippen molar-refractivity contribution in [2.45, 2.75) is 13.0 Å². The summed E-state index contributed by atoms with van der Waals surface area (Å²) in [4.78, 5) is 19.6. The van der Waals surface area contributed by atoms with Gasteiger partial charge in [0.25, 0.3) is 0 Å². The minimum Gasteiger partial charge on any atom is -0.476 e. The van der Waals surface area contributed by atoms with Gasteiger partial charge in [-0.2, -0.15) is 0 Å². The first kappa shape index (κ1) is 13.2. The lowest BCUT2D eigenvalue weighted by molar-refractivity contribution is 0.0689. The highest BCUT2D eigenvalue weighted by Crippen LogP contribution is 2.10. The van der Waals surface area contributed by atoms with Crippen molar-refractivity contribution in [2.24, 2.45) is 5.73 Å². The fourth-order valence-electron chi connectivity index (χ4n) is 2.12. The van der Waals surface area contributed by atoms with Gasteiger partial charge in [0.15, 0.2) is 5.69 Å². The van der Waals surface area contributed by atoms with Gasteiger partial charge in [0.2, 0.25) is 5.78 Å². The molecule has 0 amide bonds. The summed E-state index contributed by atoms with van der Waals surface area (Å²) >= 11 is 0. The zero-order chi connectivity index (χ0) is 14.8. The van der Waals surface area contributed by atoms with Crippen LogP contribution in [0, 0.1) is 0 Å². The zero-order valence-corrected chi connectivity index (χ0v) is 11.0. The predicted octanol–water partition coefficient (Wildman–Crippen LogP) is -0.431. The van der Waals surface area contributed by atoms with Crippen molar-refractivity contribution < 1.29 is 9.90 Å². The van der Waals surface area contributed by atoms with Gasteiger partial charge in [-0.05, 0) is 12.6 Å². The first-order chi connectivity index (χ1) is 10.2. The molecule has 108 valence electrons. The van der Waals surface area contributed by atoms with Crippen molar-refractivity contribution in [2.75, 3.05) is 6.54 Å². The number of carboxylic acids is 1. The van der Waals surface area contributed by atoms with Crippen LogP contribution in [0.3, 0.4) is 0 Å². The van der Waals surface area contributed by atoms with E-state index in [1.807, 2.05) is 12.4 Å². The molecule has 0 saturated carbocycles. The zero-order valence-electron chi connectivity index (χ0n) is 11.0. The number of hydrogen-bond acceptors (Lipinski definition) is 6. The molecule has 21 heavy (non-hydrogen) atoms. The topological polar surface area (TPSA) is 124 Å². The number of rotatable bonds is 5. The van der Waals surface area contributed by atoms with Crippen LogP contribution in [0.4, 0.5) is 0 Å². The van der Waals surface area contributed by atoms with Crippen LogP contribution in [-0.2, 0) is 13.0 Å². The van der Waals surface area contributed by atoms with Crippen LogP contribution in [0.5, 0.6) is 0 Å². The van der Waals surface area contributed by atoms with E-state index in [1.54, 1.807) is 16.7 Å². The second-order valence-corrected chi connectivity index (χ2v) is 4.45. The average Bonchev–Trinajstić information content (AvgIpc) is 3.03. The molecule has 9 nitrogen and oxygen atoms in total. The smallest absolute Gasteiger partial charge is 0.358 e. The Morgan fingerprint density at radius 1 is 1.43 bits per heavy atom. The van der Waals surface area contributed by atoms with E-state index < -0.39 is 5.97 Å². The van der Waals surface area contributed by atoms with Crippen molar-refractivity contribution in [3.05, 3.63) is 41.7 Å². The minimum absolute atomic E-state index is 0.0673. The lowest BCUT2D eigenvalue weighted by Crippen LogP contribution is -2.14. The van der Waals surface area contributed by atoms with E-state index in [0.717, 1.165) is 0 Å². The molecule has 0 bridgehead atoms. The maximum atomic E-state index is 11.1. The van der Waals surface area contributed by atoms with E-state index in [4.69, 9.17) is 10.8 Å². The van der Waals surface area contributed by atoms with Gasteiger partial charge < -0.3 is 10.8 Å². The molecule has 0 fully saturated rings. The summed E-state index contributed by atoms with van der Waals surface area (Å²) in [6.07, 6.45) is 5.70. The highest BCUT2D eigenvalue weighted by atomic mass is 16.4. The Morgan fingerprint density at radius 2 is 2.29 bits per heavy atom. The summed E-state index contributed by atoms with van der Waals surface area (Å²) in [6, 6.07) is 1.80. The van der Waals surface area contributed by atoms with Crippen LogP contribution in [0.1, 0.15) is 21.9 Å². The van der Waals surface area contributed by atoms with Crippen molar-refractivity contribution in [1.29, 1.82) is 0 Å². The van der Waals surface area contributed by atoms with Crippen LogP contribution in [0.15, 0.2) is 24.7 Å². The van der Waals surface area contributed by atoms with Gasteiger partial charge in [0, 0.05) is 25.0 Å². The molecule has 3 aromatic heterocycles. The molecule has 0 aliphatic carbocycles. The molecule has 0 saturated heterocycles. The summed E-state index contributed by atoms with van der Waals surface area (Å²) in [5.41, 5.74) is 6.67. The quantitative estimate of drug-likeness (QED) is 0.652. The third-order valence-electron chi connectivity index (χ3n) is 3.02. The first-order valence-corrected chi connectivity index (χ1v) is 6.33. The molecule has 0 spiro atoms. The Hall–Kier alpha value is -2.81. The number of nitrogens with two attached hydrogens (primary N) is 1. The highest BCUT2D eigenvalue weighted by molar-refractivity contribution is 5.86. The summed E-state index contributed by atoms with van der Waals surface area (Å²) < 4.78 is 3.30. The molecular formula is C12H13N7O2. The molecule has 0 radical (unpaired) electrons. The lowest BCUT2D eigenvalue weighted by Gasteiger charge is -2.03. The number of imidazole rings is 1. The summed E-state index contributed by atoms with van der Waals surface area (Å²) in [5, 5.41) is 16.7. The summed E-state index contributed by atoms with van der Waals surface area (Å²) in [5.74, 6) is -0.534. The maximum Gasteiger partial charge on any atom is 0.358 e. The van der Waals surface area contributed by atoms with E-state index >= 15 is 0 Å². The first-order valence-electron chi connectivity index (χ1n) is 6.33.